The van der Waals surface area contributed by atoms with Crippen LogP contribution in [-0.2, 0) is 16.1 Å². The molecule has 1 amide bonds. The number of hydrogen-bond donors (Lipinski definition) is 2. The Morgan fingerprint density at radius 2 is 2.03 bits per heavy atom. The summed E-state index contributed by atoms with van der Waals surface area (Å²) < 4.78 is 5.56. The number of rotatable bonds is 8. The molecule has 2 aliphatic rings. The van der Waals surface area contributed by atoms with Crippen LogP contribution in [0.4, 0.5) is 0 Å². The molecule has 0 unspecified atom stereocenters. The number of benzene rings is 1. The molecule has 6 heteroatoms. The minimum absolute atomic E-state index is 0.175. The molecule has 0 aliphatic carbocycles. The second kappa shape index (κ2) is 10.0. The first kappa shape index (κ1) is 20.1. The summed E-state index contributed by atoms with van der Waals surface area (Å²) in [6.07, 6.45) is 8.32. The summed E-state index contributed by atoms with van der Waals surface area (Å²) in [4.78, 5) is 14.6. The molecule has 1 aromatic carbocycles. The summed E-state index contributed by atoms with van der Waals surface area (Å²) in [5.41, 5.74) is 3.56. The predicted molar refractivity (Wildman–Crippen MR) is 113 cm³/mol. The summed E-state index contributed by atoms with van der Waals surface area (Å²) >= 11 is 0. The zero-order valence-corrected chi connectivity index (χ0v) is 17.1. The van der Waals surface area contributed by atoms with Crippen molar-refractivity contribution < 1.29 is 9.53 Å². The van der Waals surface area contributed by atoms with Gasteiger partial charge in [0.25, 0.3) is 0 Å². The van der Waals surface area contributed by atoms with Gasteiger partial charge in [-0.05, 0) is 56.7 Å². The van der Waals surface area contributed by atoms with Gasteiger partial charge in [-0.2, -0.15) is 5.10 Å². The van der Waals surface area contributed by atoms with E-state index in [1.54, 1.807) is 0 Å². The van der Waals surface area contributed by atoms with Gasteiger partial charge in [0, 0.05) is 31.7 Å². The highest BCUT2D eigenvalue weighted by atomic mass is 16.5. The Balaban J connectivity index is 1.17. The highest BCUT2D eigenvalue weighted by molar-refractivity contribution is 5.75. The number of carbonyl (C=O) groups excluding carboxylic acids is 1. The number of piperidine rings is 1. The standard InChI is InChI=1S/C23H32N4O2/c28-22(24-16-21-7-4-14-29-21)9-8-18-10-12-27(13-11-18)17-20-15-25-26-23(20)19-5-2-1-3-6-19/h1-3,5-6,15,18,21H,4,7-14,16-17H2,(H,24,28)(H,25,26)/t21-/m1/s1. The third kappa shape index (κ3) is 5.67. The van der Waals surface area contributed by atoms with Gasteiger partial charge in [-0.3, -0.25) is 14.8 Å². The Morgan fingerprint density at radius 1 is 1.21 bits per heavy atom. The van der Waals surface area contributed by atoms with Crippen molar-refractivity contribution in [1.29, 1.82) is 0 Å². The zero-order valence-electron chi connectivity index (χ0n) is 17.1. The number of H-pyrrole nitrogens is 1. The van der Waals surface area contributed by atoms with E-state index in [-0.39, 0.29) is 12.0 Å². The zero-order chi connectivity index (χ0) is 19.9. The maximum Gasteiger partial charge on any atom is 0.220 e. The minimum Gasteiger partial charge on any atom is -0.376 e. The third-order valence-electron chi connectivity index (χ3n) is 6.21. The van der Waals surface area contributed by atoms with Gasteiger partial charge in [0.2, 0.25) is 5.91 Å². The lowest BCUT2D eigenvalue weighted by Crippen LogP contribution is -2.34. The van der Waals surface area contributed by atoms with Gasteiger partial charge < -0.3 is 10.1 Å². The maximum atomic E-state index is 12.1. The predicted octanol–water partition coefficient (Wildman–Crippen LogP) is 3.36. The molecule has 2 fully saturated rings. The summed E-state index contributed by atoms with van der Waals surface area (Å²) in [6, 6.07) is 10.4. The number of amides is 1. The van der Waals surface area contributed by atoms with Crippen molar-refractivity contribution in [3.8, 4) is 11.3 Å². The number of likely N-dealkylation sites (tertiary alicyclic amines) is 1. The summed E-state index contributed by atoms with van der Waals surface area (Å²) in [7, 11) is 0. The van der Waals surface area contributed by atoms with E-state index < -0.39 is 0 Å². The smallest absolute Gasteiger partial charge is 0.220 e. The van der Waals surface area contributed by atoms with Crippen molar-refractivity contribution >= 4 is 5.91 Å². The molecule has 156 valence electrons. The number of aromatic amines is 1. The fourth-order valence-corrected chi connectivity index (χ4v) is 4.42. The van der Waals surface area contributed by atoms with Gasteiger partial charge in [-0.15, -0.1) is 0 Å². The molecule has 29 heavy (non-hydrogen) atoms. The number of ether oxygens (including phenoxy) is 1. The van der Waals surface area contributed by atoms with Crippen molar-refractivity contribution in [2.75, 3.05) is 26.2 Å². The molecule has 0 saturated carbocycles. The summed E-state index contributed by atoms with van der Waals surface area (Å²) in [5.74, 6) is 0.825. The van der Waals surface area contributed by atoms with E-state index in [1.165, 1.54) is 11.1 Å². The first-order valence-electron chi connectivity index (χ1n) is 11.0. The van der Waals surface area contributed by atoms with E-state index in [4.69, 9.17) is 4.74 Å². The van der Waals surface area contributed by atoms with E-state index in [2.05, 4.69) is 44.7 Å². The number of aromatic nitrogens is 2. The lowest BCUT2D eigenvalue weighted by molar-refractivity contribution is -0.122. The molecule has 2 N–H and O–H groups in total. The van der Waals surface area contributed by atoms with E-state index in [0.717, 1.165) is 64.0 Å². The van der Waals surface area contributed by atoms with Crippen LogP contribution in [0.3, 0.4) is 0 Å². The molecule has 1 aromatic heterocycles. The molecule has 0 bridgehead atoms. The average Bonchev–Trinajstić information content (AvgIpc) is 3.44. The molecule has 1 atom stereocenters. The Morgan fingerprint density at radius 3 is 2.79 bits per heavy atom. The molecule has 2 saturated heterocycles. The van der Waals surface area contributed by atoms with Crippen LogP contribution in [0.15, 0.2) is 36.5 Å². The second-order valence-electron chi connectivity index (χ2n) is 8.33. The van der Waals surface area contributed by atoms with E-state index >= 15 is 0 Å². The van der Waals surface area contributed by atoms with Gasteiger partial charge in [-0.25, -0.2) is 0 Å². The van der Waals surface area contributed by atoms with Crippen molar-refractivity contribution in [2.24, 2.45) is 5.92 Å². The molecule has 2 aromatic rings. The number of nitrogens with zero attached hydrogens (tertiary/aromatic N) is 2. The van der Waals surface area contributed by atoms with Gasteiger partial charge >= 0.3 is 0 Å². The fourth-order valence-electron chi connectivity index (χ4n) is 4.42. The van der Waals surface area contributed by atoms with Crippen LogP contribution in [0.1, 0.15) is 44.1 Å². The fraction of sp³-hybridized carbons (Fsp3) is 0.565. The van der Waals surface area contributed by atoms with Gasteiger partial charge in [0.05, 0.1) is 18.0 Å². The van der Waals surface area contributed by atoms with Crippen LogP contribution in [-0.4, -0.2) is 53.3 Å². The molecule has 6 nitrogen and oxygen atoms in total. The number of nitrogens with one attached hydrogen (secondary N) is 2. The van der Waals surface area contributed by atoms with Crippen LogP contribution in [0, 0.1) is 5.92 Å². The molecule has 0 radical (unpaired) electrons. The van der Waals surface area contributed by atoms with E-state index in [0.29, 0.717) is 18.9 Å². The summed E-state index contributed by atoms with van der Waals surface area (Å²) in [5, 5.41) is 10.5. The van der Waals surface area contributed by atoms with Gasteiger partial charge in [0.15, 0.2) is 0 Å². The Bertz CT molecular complexity index is 762. The van der Waals surface area contributed by atoms with Crippen molar-refractivity contribution in [2.45, 2.75) is 51.2 Å². The largest absolute Gasteiger partial charge is 0.376 e. The Hall–Kier alpha value is -2.18. The SMILES string of the molecule is O=C(CCC1CCN(Cc2cn[nH]c2-c2ccccc2)CC1)NC[C@H]1CCCO1. The van der Waals surface area contributed by atoms with E-state index in [9.17, 15) is 4.79 Å². The monoisotopic (exact) mass is 396 g/mol. The van der Waals surface area contributed by atoms with Crippen LogP contribution in [0.25, 0.3) is 11.3 Å². The molecule has 3 heterocycles. The topological polar surface area (TPSA) is 70.2 Å². The maximum absolute atomic E-state index is 12.1. The number of carbonyl (C=O) groups is 1. The van der Waals surface area contributed by atoms with Crippen LogP contribution in [0.5, 0.6) is 0 Å². The first-order chi connectivity index (χ1) is 14.3. The molecular formula is C23H32N4O2. The Kier molecular flexibility index (Phi) is 6.96. The third-order valence-corrected chi connectivity index (χ3v) is 6.21. The van der Waals surface area contributed by atoms with Crippen molar-refractivity contribution in [3.05, 3.63) is 42.1 Å². The van der Waals surface area contributed by atoms with E-state index in [1.807, 2.05) is 12.3 Å². The summed E-state index contributed by atoms with van der Waals surface area (Å²) in [6.45, 7) is 4.61. The normalized spacial score (nSPS) is 20.8. The lowest BCUT2D eigenvalue weighted by atomic mass is 9.91. The minimum atomic E-state index is 0.175. The highest BCUT2D eigenvalue weighted by Gasteiger charge is 2.22. The molecular weight excluding hydrogens is 364 g/mol. The van der Waals surface area contributed by atoms with Crippen LogP contribution < -0.4 is 5.32 Å². The second-order valence-corrected chi connectivity index (χ2v) is 8.33. The van der Waals surface area contributed by atoms with Crippen LogP contribution >= 0.6 is 0 Å². The average molecular weight is 397 g/mol. The lowest BCUT2D eigenvalue weighted by Gasteiger charge is -2.31. The highest BCUT2D eigenvalue weighted by Crippen LogP contribution is 2.26. The van der Waals surface area contributed by atoms with Crippen LogP contribution in [0.2, 0.25) is 0 Å². The van der Waals surface area contributed by atoms with Gasteiger partial charge in [-0.1, -0.05) is 30.3 Å². The molecule has 4 rings (SSSR count). The number of hydrogen-bond acceptors (Lipinski definition) is 4. The van der Waals surface area contributed by atoms with Crippen molar-refractivity contribution in [1.82, 2.24) is 20.4 Å². The molecule has 0 spiro atoms. The quantitative estimate of drug-likeness (QED) is 0.718. The molecule has 2 aliphatic heterocycles. The van der Waals surface area contributed by atoms with Gasteiger partial charge in [0.1, 0.15) is 0 Å². The van der Waals surface area contributed by atoms with Crippen molar-refractivity contribution in [3.63, 3.8) is 0 Å². The Labute approximate surface area is 173 Å². The first-order valence-corrected chi connectivity index (χ1v) is 11.0.